The van der Waals surface area contributed by atoms with Gasteiger partial charge in [-0.1, -0.05) is 0 Å². The molecule has 3 nitrogen and oxygen atoms in total. The average Bonchev–Trinajstić information content (AvgIpc) is 2.12. The molecule has 0 heterocycles. The molecule has 0 bridgehead atoms. The predicted molar refractivity (Wildman–Crippen MR) is 52.6 cm³/mol. The van der Waals surface area contributed by atoms with E-state index in [1.54, 1.807) is 4.90 Å². The molecular weight excluding hydrogens is 190 g/mol. The summed E-state index contributed by atoms with van der Waals surface area (Å²) in [4.78, 5) is 1.67. The second-order valence-electron chi connectivity index (χ2n) is 3.03. The number of rotatable bonds is 9. The minimum atomic E-state index is -2.28. The molecule has 14 heavy (non-hydrogen) atoms. The van der Waals surface area contributed by atoms with Crippen LogP contribution >= 0.6 is 0 Å². The molecule has 0 spiro atoms. The van der Waals surface area contributed by atoms with Crippen molar-refractivity contribution in [2.75, 3.05) is 39.4 Å². The summed E-state index contributed by atoms with van der Waals surface area (Å²) >= 11 is 0. The molecule has 0 radical (unpaired) electrons. The van der Waals surface area contributed by atoms with E-state index < -0.39 is 6.43 Å². The van der Waals surface area contributed by atoms with E-state index in [1.165, 1.54) is 0 Å². The fourth-order valence-corrected chi connectivity index (χ4v) is 1.21. The number of nitrogens with two attached hydrogens (primary N) is 1. The van der Waals surface area contributed by atoms with Gasteiger partial charge in [-0.05, 0) is 13.3 Å². The first-order valence-electron chi connectivity index (χ1n) is 4.99. The average molecular weight is 210 g/mol. The molecule has 0 atom stereocenters. The van der Waals surface area contributed by atoms with Gasteiger partial charge in [0.05, 0.1) is 6.54 Å². The van der Waals surface area contributed by atoms with E-state index in [0.29, 0.717) is 32.8 Å². The van der Waals surface area contributed by atoms with Gasteiger partial charge in [0.2, 0.25) is 0 Å². The summed E-state index contributed by atoms with van der Waals surface area (Å²) in [6, 6.07) is 0. The monoisotopic (exact) mass is 210 g/mol. The van der Waals surface area contributed by atoms with Crippen LogP contribution in [-0.4, -0.2) is 50.7 Å². The van der Waals surface area contributed by atoms with Crippen molar-refractivity contribution in [3.63, 3.8) is 0 Å². The van der Waals surface area contributed by atoms with Gasteiger partial charge in [0, 0.05) is 32.8 Å². The number of halogens is 2. The third-order valence-corrected chi connectivity index (χ3v) is 1.81. The van der Waals surface area contributed by atoms with Crippen LogP contribution in [0.25, 0.3) is 0 Å². The van der Waals surface area contributed by atoms with Crippen molar-refractivity contribution >= 4 is 0 Å². The van der Waals surface area contributed by atoms with Gasteiger partial charge in [0.15, 0.2) is 0 Å². The molecule has 0 saturated carbocycles. The number of nitrogens with zero attached hydrogens (tertiary/aromatic N) is 1. The fourth-order valence-electron chi connectivity index (χ4n) is 1.21. The first-order chi connectivity index (χ1) is 6.70. The van der Waals surface area contributed by atoms with Crippen LogP contribution < -0.4 is 5.73 Å². The second-order valence-corrected chi connectivity index (χ2v) is 3.03. The van der Waals surface area contributed by atoms with E-state index in [-0.39, 0.29) is 6.54 Å². The first kappa shape index (κ1) is 13.7. The molecule has 0 aromatic heterocycles. The molecule has 0 aliphatic heterocycles. The van der Waals surface area contributed by atoms with Gasteiger partial charge < -0.3 is 10.5 Å². The SMILES string of the molecule is CCOCCCN(CCN)CC(F)F. The van der Waals surface area contributed by atoms with Gasteiger partial charge >= 0.3 is 0 Å². The van der Waals surface area contributed by atoms with E-state index >= 15 is 0 Å². The van der Waals surface area contributed by atoms with Crippen LogP contribution in [0.4, 0.5) is 8.78 Å². The van der Waals surface area contributed by atoms with Gasteiger partial charge in [-0.2, -0.15) is 0 Å². The van der Waals surface area contributed by atoms with Crippen molar-refractivity contribution in [3.8, 4) is 0 Å². The fraction of sp³-hybridized carbons (Fsp3) is 1.00. The molecule has 0 aromatic rings. The Bertz CT molecular complexity index is 125. The van der Waals surface area contributed by atoms with Gasteiger partial charge in [0.1, 0.15) is 0 Å². The molecule has 0 amide bonds. The smallest absolute Gasteiger partial charge is 0.251 e. The van der Waals surface area contributed by atoms with E-state index in [9.17, 15) is 8.78 Å². The molecule has 0 aliphatic rings. The third kappa shape index (κ3) is 8.34. The standard InChI is InChI=1S/C9H20F2N2O/c1-2-14-7-3-5-13(6-4-12)8-9(10)11/h9H,2-8,12H2,1H3. The van der Waals surface area contributed by atoms with E-state index in [4.69, 9.17) is 10.5 Å². The molecule has 0 saturated heterocycles. The highest BCUT2D eigenvalue weighted by atomic mass is 19.3. The van der Waals surface area contributed by atoms with Crippen LogP contribution in [0.5, 0.6) is 0 Å². The lowest BCUT2D eigenvalue weighted by Gasteiger charge is -2.20. The maximum Gasteiger partial charge on any atom is 0.251 e. The largest absolute Gasteiger partial charge is 0.382 e. The molecule has 86 valence electrons. The Morgan fingerprint density at radius 1 is 1.36 bits per heavy atom. The van der Waals surface area contributed by atoms with Crippen LogP contribution in [0.2, 0.25) is 0 Å². The van der Waals surface area contributed by atoms with Crippen LogP contribution in [0.3, 0.4) is 0 Å². The van der Waals surface area contributed by atoms with E-state index in [2.05, 4.69) is 0 Å². The van der Waals surface area contributed by atoms with Gasteiger partial charge in [-0.15, -0.1) is 0 Å². The quantitative estimate of drug-likeness (QED) is 0.576. The van der Waals surface area contributed by atoms with Crippen LogP contribution in [-0.2, 0) is 4.74 Å². The lowest BCUT2D eigenvalue weighted by atomic mass is 10.3. The molecule has 5 heteroatoms. The third-order valence-electron chi connectivity index (χ3n) is 1.81. The van der Waals surface area contributed by atoms with Crippen molar-refractivity contribution in [2.24, 2.45) is 5.73 Å². The lowest BCUT2D eigenvalue weighted by molar-refractivity contribution is 0.0793. The summed E-state index contributed by atoms with van der Waals surface area (Å²) in [6.45, 7) is 4.59. The Kier molecular flexibility index (Phi) is 9.13. The summed E-state index contributed by atoms with van der Waals surface area (Å²) in [7, 11) is 0. The summed E-state index contributed by atoms with van der Waals surface area (Å²) in [5, 5.41) is 0. The van der Waals surface area contributed by atoms with Crippen LogP contribution in [0.1, 0.15) is 13.3 Å². The predicted octanol–water partition coefficient (Wildman–Crippen LogP) is 0.939. The highest BCUT2D eigenvalue weighted by Crippen LogP contribution is 1.99. The Labute approximate surface area is 84.2 Å². The molecule has 0 rings (SSSR count). The topological polar surface area (TPSA) is 38.5 Å². The number of hydrogen-bond donors (Lipinski definition) is 1. The van der Waals surface area contributed by atoms with E-state index in [0.717, 1.165) is 6.42 Å². The minimum Gasteiger partial charge on any atom is -0.382 e. The lowest BCUT2D eigenvalue weighted by Crippen LogP contribution is -2.34. The maximum absolute atomic E-state index is 12.1. The summed E-state index contributed by atoms with van der Waals surface area (Å²) in [5.41, 5.74) is 5.32. The summed E-state index contributed by atoms with van der Waals surface area (Å²) in [5.74, 6) is 0. The number of hydrogen-bond acceptors (Lipinski definition) is 3. The van der Waals surface area contributed by atoms with Crippen molar-refractivity contribution in [3.05, 3.63) is 0 Å². The number of alkyl halides is 2. The Morgan fingerprint density at radius 3 is 2.57 bits per heavy atom. The van der Waals surface area contributed by atoms with Crippen molar-refractivity contribution in [2.45, 2.75) is 19.8 Å². The minimum absolute atomic E-state index is 0.191. The second kappa shape index (κ2) is 9.30. The Morgan fingerprint density at radius 2 is 2.07 bits per heavy atom. The van der Waals surface area contributed by atoms with Crippen LogP contribution in [0, 0.1) is 0 Å². The van der Waals surface area contributed by atoms with Gasteiger partial charge in [-0.3, -0.25) is 4.90 Å². The van der Waals surface area contributed by atoms with Crippen molar-refractivity contribution in [1.29, 1.82) is 0 Å². The zero-order valence-electron chi connectivity index (χ0n) is 8.72. The zero-order valence-corrected chi connectivity index (χ0v) is 8.72. The van der Waals surface area contributed by atoms with Crippen LogP contribution in [0.15, 0.2) is 0 Å². The van der Waals surface area contributed by atoms with E-state index in [1.807, 2.05) is 6.92 Å². The molecule has 0 unspecified atom stereocenters. The number of ether oxygens (including phenoxy) is 1. The summed E-state index contributed by atoms with van der Waals surface area (Å²) < 4.78 is 29.3. The Balaban J connectivity index is 3.51. The van der Waals surface area contributed by atoms with Crippen molar-refractivity contribution in [1.82, 2.24) is 4.90 Å². The highest BCUT2D eigenvalue weighted by molar-refractivity contribution is 4.59. The first-order valence-corrected chi connectivity index (χ1v) is 4.99. The molecule has 0 aromatic carbocycles. The van der Waals surface area contributed by atoms with Crippen molar-refractivity contribution < 1.29 is 13.5 Å². The summed E-state index contributed by atoms with van der Waals surface area (Å²) in [6.07, 6.45) is -1.51. The van der Waals surface area contributed by atoms with Gasteiger partial charge in [-0.25, -0.2) is 8.78 Å². The van der Waals surface area contributed by atoms with Gasteiger partial charge in [0.25, 0.3) is 6.43 Å². The maximum atomic E-state index is 12.1. The molecule has 2 N–H and O–H groups in total. The molecular formula is C9H20F2N2O. The Hall–Kier alpha value is -0.260. The molecule has 0 fully saturated rings. The highest BCUT2D eigenvalue weighted by Gasteiger charge is 2.10. The normalized spacial score (nSPS) is 11.6. The zero-order chi connectivity index (χ0) is 10.8. The molecule has 0 aliphatic carbocycles.